The van der Waals surface area contributed by atoms with Crippen molar-refractivity contribution in [3.05, 3.63) is 0 Å². The summed E-state index contributed by atoms with van der Waals surface area (Å²) in [4.78, 5) is 0. The molecule has 1 rings (SSSR count). The number of nitrogens with zero attached hydrogens (tertiary/aromatic N) is 2. The predicted molar refractivity (Wildman–Crippen MR) is 88.1 cm³/mol. The Labute approximate surface area is 169 Å². The van der Waals surface area contributed by atoms with Crippen molar-refractivity contribution in [3.8, 4) is 0 Å². The molecule has 1 aliphatic rings. The van der Waals surface area contributed by atoms with Crippen LogP contribution in [-0.4, -0.2) is 66.8 Å². The van der Waals surface area contributed by atoms with Gasteiger partial charge in [-0.05, 0) is 6.42 Å². The number of halogens is 2. The van der Waals surface area contributed by atoms with E-state index in [1.165, 1.54) is 6.21 Å². The van der Waals surface area contributed by atoms with Gasteiger partial charge < -0.3 is 9.08 Å². The fourth-order valence-electron chi connectivity index (χ4n) is 1.33. The summed E-state index contributed by atoms with van der Waals surface area (Å²) in [6.45, 7) is 1.72. The van der Waals surface area contributed by atoms with Crippen molar-refractivity contribution in [2.24, 2.45) is 4.76 Å². The molecule has 0 aromatic heterocycles. The van der Waals surface area contributed by atoms with E-state index in [9.17, 15) is 17.5 Å². The molecule has 0 bridgehead atoms. The topological polar surface area (TPSA) is 99.1 Å². The second-order valence-corrected chi connectivity index (χ2v) is 8.45. The summed E-state index contributed by atoms with van der Waals surface area (Å²) in [7, 11) is -7.02. The first-order chi connectivity index (χ1) is 9.79. The second-order valence-electron chi connectivity index (χ2n) is 3.76. The van der Waals surface area contributed by atoms with Gasteiger partial charge in [0.1, 0.15) is 0 Å². The molecule has 0 saturated carbocycles. The molecule has 0 N–H and O–H groups in total. The number of hydrogen-bond acceptors (Lipinski definition) is 6. The monoisotopic (exact) mass is 422 g/mol. The molecule has 0 aromatic carbocycles. The minimum Gasteiger partial charge on any atom is -0.748 e. The summed E-state index contributed by atoms with van der Waals surface area (Å²) in [6, 6.07) is 0. The van der Waals surface area contributed by atoms with Crippen molar-refractivity contribution < 1.29 is 51.6 Å². The number of thiol groups is 1. The van der Waals surface area contributed by atoms with Crippen LogP contribution < -0.4 is 29.6 Å². The molecule has 1 unspecified atom stereocenters. The van der Waals surface area contributed by atoms with E-state index in [2.05, 4.69) is 17.4 Å². The smallest absolute Gasteiger partial charge is 0.748 e. The Hall–Kier alpha value is 1.66. The van der Waals surface area contributed by atoms with Crippen LogP contribution in [0.2, 0.25) is 0 Å². The van der Waals surface area contributed by atoms with Crippen LogP contribution in [0, 0.1) is 0 Å². The first-order valence-corrected chi connectivity index (χ1v) is 10.8. The minimum atomic E-state index is -4.00. The van der Waals surface area contributed by atoms with E-state index in [1.807, 2.05) is 0 Å². The Bertz CT molecular complexity index is 467. The first kappa shape index (κ1) is 25.9. The Morgan fingerprint density at radius 3 is 2.50 bits per heavy atom. The maximum absolute atomic E-state index is 12.1. The van der Waals surface area contributed by atoms with E-state index < -0.39 is 17.8 Å². The van der Waals surface area contributed by atoms with Gasteiger partial charge in [0.05, 0.1) is 22.6 Å². The SMILES string of the molecule is O=P1(/N=C/CCl)OCCCN1CCCl.O=S(=O)([O-])CCS.[Na+]. The molecule has 0 aromatic rings. The molecule has 1 fully saturated rings. The molecular weight excluding hydrogens is 405 g/mol. The summed E-state index contributed by atoms with van der Waals surface area (Å²) in [5.41, 5.74) is 0. The molecule has 0 spiro atoms. The van der Waals surface area contributed by atoms with E-state index in [-0.39, 0.29) is 46.9 Å². The average Bonchev–Trinajstić information content (AvgIpc) is 2.39. The molecule has 13 heteroatoms. The van der Waals surface area contributed by atoms with Gasteiger partial charge in [-0.3, -0.25) is 0 Å². The van der Waals surface area contributed by atoms with Crippen LogP contribution in [0.4, 0.5) is 0 Å². The fourth-order valence-corrected chi connectivity index (χ4v) is 4.49. The van der Waals surface area contributed by atoms with Gasteiger partial charge in [-0.2, -0.15) is 12.6 Å². The average molecular weight is 423 g/mol. The third-order valence-electron chi connectivity index (χ3n) is 2.16. The fraction of sp³-hybridized carbons (Fsp3) is 0.889. The van der Waals surface area contributed by atoms with Gasteiger partial charge in [0.15, 0.2) is 0 Å². The number of alkyl halides is 2. The quantitative estimate of drug-likeness (QED) is 0.144. The van der Waals surface area contributed by atoms with Crippen LogP contribution in [-0.2, 0) is 19.2 Å². The van der Waals surface area contributed by atoms with Gasteiger partial charge >= 0.3 is 37.2 Å². The van der Waals surface area contributed by atoms with Crippen molar-refractivity contribution in [2.45, 2.75) is 6.42 Å². The molecule has 0 aliphatic carbocycles. The molecule has 1 aliphatic heterocycles. The molecule has 0 amide bonds. The maximum atomic E-state index is 12.1. The first-order valence-electron chi connectivity index (χ1n) is 5.99. The summed E-state index contributed by atoms with van der Waals surface area (Å²) in [6.07, 6.45) is 2.27. The van der Waals surface area contributed by atoms with E-state index in [1.54, 1.807) is 4.67 Å². The molecule has 0 radical (unpaired) electrons. The summed E-state index contributed by atoms with van der Waals surface area (Å²) >= 11 is 14.6. The van der Waals surface area contributed by atoms with Crippen molar-refractivity contribution >= 4 is 59.8 Å². The standard InChI is InChI=1S/C7H13Cl2N2O2P.C2H6O3S2.Na/c8-2-4-10-14(12)11(6-3-9)5-1-7-13-14;3-7(4,5)2-1-6;/h4H,1-3,5-7H2;6H,1-2H2,(H,3,4,5);/q;;+1/p-1/b10-4+;;. The second kappa shape index (κ2) is 13.9. The van der Waals surface area contributed by atoms with Crippen LogP contribution >= 0.6 is 43.5 Å². The number of hydrogen-bond donors (Lipinski definition) is 1. The zero-order valence-corrected chi connectivity index (χ0v) is 18.3. The van der Waals surface area contributed by atoms with Gasteiger partial charge in [-0.25, -0.2) is 22.4 Å². The van der Waals surface area contributed by atoms with Crippen LogP contribution in [0.3, 0.4) is 0 Å². The third kappa shape index (κ3) is 12.1. The minimum absolute atomic E-state index is 0. The Morgan fingerprint density at radius 1 is 1.45 bits per heavy atom. The predicted octanol–water partition coefficient (Wildman–Crippen LogP) is -1.17. The molecule has 126 valence electrons. The third-order valence-corrected chi connectivity index (χ3v) is 5.78. The van der Waals surface area contributed by atoms with Crippen LogP contribution in [0.1, 0.15) is 6.42 Å². The molecule has 1 atom stereocenters. The summed E-state index contributed by atoms with van der Waals surface area (Å²) in [5.74, 6) is 0.383. The van der Waals surface area contributed by atoms with Crippen LogP contribution in [0.5, 0.6) is 0 Å². The van der Waals surface area contributed by atoms with Gasteiger partial charge in [0.25, 0.3) is 0 Å². The van der Waals surface area contributed by atoms with E-state index >= 15 is 0 Å². The van der Waals surface area contributed by atoms with Crippen LogP contribution in [0.25, 0.3) is 0 Å². The van der Waals surface area contributed by atoms with Crippen molar-refractivity contribution in [2.75, 3.05) is 43.0 Å². The molecular formula is C9H18Cl2N2NaO5PS2. The summed E-state index contributed by atoms with van der Waals surface area (Å²) < 4.78 is 51.7. The maximum Gasteiger partial charge on any atom is 1.00 e. The van der Waals surface area contributed by atoms with Crippen LogP contribution in [0.15, 0.2) is 4.76 Å². The van der Waals surface area contributed by atoms with Gasteiger partial charge in [0, 0.05) is 36.7 Å². The zero-order valence-electron chi connectivity index (χ0n) is 12.2. The van der Waals surface area contributed by atoms with E-state index in [4.69, 9.17) is 27.7 Å². The molecule has 22 heavy (non-hydrogen) atoms. The van der Waals surface area contributed by atoms with Gasteiger partial charge in [-0.15, -0.1) is 23.2 Å². The van der Waals surface area contributed by atoms with Crippen molar-refractivity contribution in [1.29, 1.82) is 0 Å². The molecule has 1 heterocycles. The number of rotatable bonds is 6. The molecule has 7 nitrogen and oxygen atoms in total. The Balaban J connectivity index is 0. The normalized spacial score (nSPS) is 22.7. The Morgan fingerprint density at radius 2 is 2.09 bits per heavy atom. The largest absolute Gasteiger partial charge is 1.00 e. The van der Waals surface area contributed by atoms with Crippen molar-refractivity contribution in [3.63, 3.8) is 0 Å². The zero-order chi connectivity index (χ0) is 16.4. The Kier molecular flexibility index (Phi) is 16.4. The van der Waals surface area contributed by atoms with E-state index in [0.29, 0.717) is 25.6 Å². The summed E-state index contributed by atoms with van der Waals surface area (Å²) in [5, 5.41) is 0. The van der Waals surface area contributed by atoms with Gasteiger partial charge in [-0.1, -0.05) is 0 Å². The van der Waals surface area contributed by atoms with Crippen molar-refractivity contribution in [1.82, 2.24) is 4.67 Å². The van der Waals surface area contributed by atoms with E-state index in [0.717, 1.165) is 6.42 Å². The van der Waals surface area contributed by atoms with Gasteiger partial charge in [0.2, 0.25) is 0 Å². The molecule has 1 saturated heterocycles.